The Hall–Kier alpha value is -1.68. The average molecular weight is 328 g/mol. The van der Waals surface area contributed by atoms with Crippen molar-refractivity contribution in [1.29, 1.82) is 0 Å². The van der Waals surface area contributed by atoms with E-state index in [2.05, 4.69) is 48.5 Å². The van der Waals surface area contributed by atoms with Gasteiger partial charge in [0, 0.05) is 24.8 Å². The maximum Gasteiger partial charge on any atom is 0.223 e. The van der Waals surface area contributed by atoms with Crippen LogP contribution in [0.15, 0.2) is 29.6 Å². The van der Waals surface area contributed by atoms with E-state index in [9.17, 15) is 4.79 Å². The summed E-state index contributed by atoms with van der Waals surface area (Å²) in [4.78, 5) is 19.0. The number of aryl methyl sites for hydroxylation is 1. The van der Waals surface area contributed by atoms with E-state index in [1.54, 1.807) is 11.3 Å². The average Bonchev–Trinajstić information content (AvgIpc) is 3.15. The molecule has 2 aromatic rings. The second-order valence-electron chi connectivity index (χ2n) is 6.72. The lowest BCUT2D eigenvalue weighted by molar-refractivity contribution is -0.130. The number of aromatic nitrogens is 1. The number of rotatable bonds is 5. The number of hydrogen-bond donors (Lipinski definition) is 0. The van der Waals surface area contributed by atoms with E-state index in [1.807, 2.05) is 11.9 Å². The highest BCUT2D eigenvalue weighted by atomic mass is 32.1. The van der Waals surface area contributed by atoms with Crippen LogP contribution in [0.1, 0.15) is 60.4 Å². The Labute approximate surface area is 142 Å². The topological polar surface area (TPSA) is 33.2 Å². The fourth-order valence-electron chi connectivity index (χ4n) is 3.22. The molecule has 0 unspecified atom stereocenters. The first-order valence-electron chi connectivity index (χ1n) is 8.30. The number of carbonyl (C=O) groups is 1. The van der Waals surface area contributed by atoms with Crippen molar-refractivity contribution in [3.63, 3.8) is 0 Å². The van der Waals surface area contributed by atoms with E-state index < -0.39 is 0 Å². The molecule has 1 heterocycles. The maximum absolute atomic E-state index is 12.6. The molecule has 3 rings (SSSR count). The number of hydrogen-bond acceptors (Lipinski definition) is 3. The van der Waals surface area contributed by atoms with E-state index in [-0.39, 0.29) is 5.91 Å². The molecule has 0 N–H and O–H groups in total. The zero-order valence-corrected chi connectivity index (χ0v) is 14.9. The summed E-state index contributed by atoms with van der Waals surface area (Å²) in [6.07, 6.45) is 2.80. The van der Waals surface area contributed by atoms with Crippen LogP contribution in [-0.4, -0.2) is 22.8 Å². The van der Waals surface area contributed by atoms with E-state index in [1.165, 1.54) is 11.1 Å². The molecule has 1 aliphatic rings. The highest BCUT2D eigenvalue weighted by Gasteiger charge is 2.25. The second kappa shape index (κ2) is 6.83. The summed E-state index contributed by atoms with van der Waals surface area (Å²) in [5.74, 6) is 1.04. The molecule has 4 heteroatoms. The van der Waals surface area contributed by atoms with E-state index in [0.29, 0.717) is 24.8 Å². The largest absolute Gasteiger partial charge is 0.340 e. The summed E-state index contributed by atoms with van der Waals surface area (Å²) >= 11 is 1.69. The third-order valence-corrected chi connectivity index (χ3v) is 5.76. The van der Waals surface area contributed by atoms with Crippen molar-refractivity contribution in [3.05, 3.63) is 51.5 Å². The van der Waals surface area contributed by atoms with Gasteiger partial charge in [-0.25, -0.2) is 4.98 Å². The molecular formula is C19H24N2OS. The zero-order chi connectivity index (χ0) is 16.4. The van der Waals surface area contributed by atoms with Crippen molar-refractivity contribution in [1.82, 2.24) is 9.88 Å². The molecular weight excluding hydrogens is 304 g/mol. The van der Waals surface area contributed by atoms with Gasteiger partial charge in [-0.3, -0.25) is 4.79 Å². The number of benzene rings is 1. The van der Waals surface area contributed by atoms with Gasteiger partial charge in [-0.2, -0.15) is 0 Å². The number of thiazole rings is 1. The lowest BCUT2D eigenvalue weighted by Gasteiger charge is -2.19. The Morgan fingerprint density at radius 1 is 1.39 bits per heavy atom. The Morgan fingerprint density at radius 3 is 2.91 bits per heavy atom. The Kier molecular flexibility index (Phi) is 4.81. The zero-order valence-electron chi connectivity index (χ0n) is 14.1. The van der Waals surface area contributed by atoms with Gasteiger partial charge in [0.2, 0.25) is 5.91 Å². The van der Waals surface area contributed by atoms with E-state index in [0.717, 1.165) is 23.5 Å². The van der Waals surface area contributed by atoms with Crippen LogP contribution in [0.5, 0.6) is 0 Å². The molecule has 0 saturated heterocycles. The first-order valence-corrected chi connectivity index (χ1v) is 9.18. The van der Waals surface area contributed by atoms with Crippen LogP contribution in [0.3, 0.4) is 0 Å². The molecule has 0 bridgehead atoms. The van der Waals surface area contributed by atoms with Crippen molar-refractivity contribution in [2.45, 2.75) is 51.5 Å². The fraction of sp³-hybridized carbons (Fsp3) is 0.474. The Morgan fingerprint density at radius 2 is 2.17 bits per heavy atom. The normalized spacial score (nSPS) is 16.6. The highest BCUT2D eigenvalue weighted by Crippen LogP contribution is 2.35. The van der Waals surface area contributed by atoms with Gasteiger partial charge in [-0.05, 0) is 29.9 Å². The number of carbonyl (C=O) groups excluding carboxylic acids is 1. The molecule has 1 amide bonds. The highest BCUT2D eigenvalue weighted by molar-refractivity contribution is 7.09. The molecule has 0 fully saturated rings. The number of nitrogens with zero attached hydrogens (tertiary/aromatic N) is 2. The van der Waals surface area contributed by atoms with Crippen LogP contribution in [-0.2, 0) is 17.8 Å². The minimum atomic E-state index is 0.214. The molecule has 1 aliphatic carbocycles. The lowest BCUT2D eigenvalue weighted by atomic mass is 9.97. The molecule has 23 heavy (non-hydrogen) atoms. The van der Waals surface area contributed by atoms with Crippen LogP contribution in [0.2, 0.25) is 0 Å². The molecule has 122 valence electrons. The van der Waals surface area contributed by atoms with Gasteiger partial charge in [0.15, 0.2) is 0 Å². The van der Waals surface area contributed by atoms with E-state index in [4.69, 9.17) is 0 Å². The van der Waals surface area contributed by atoms with Crippen LogP contribution in [0.25, 0.3) is 0 Å². The molecule has 0 radical (unpaired) electrons. The minimum absolute atomic E-state index is 0.214. The van der Waals surface area contributed by atoms with E-state index >= 15 is 0 Å². The van der Waals surface area contributed by atoms with Crippen molar-refractivity contribution in [2.75, 3.05) is 7.05 Å². The summed E-state index contributed by atoms with van der Waals surface area (Å²) < 4.78 is 0. The van der Waals surface area contributed by atoms with Gasteiger partial charge in [-0.15, -0.1) is 11.3 Å². The monoisotopic (exact) mass is 328 g/mol. The summed E-state index contributed by atoms with van der Waals surface area (Å²) in [5, 5.41) is 3.22. The summed E-state index contributed by atoms with van der Waals surface area (Å²) in [7, 11) is 1.89. The number of fused-ring (bicyclic) bond motifs is 1. The second-order valence-corrected chi connectivity index (χ2v) is 7.61. The molecule has 0 aliphatic heterocycles. The van der Waals surface area contributed by atoms with Gasteiger partial charge in [0.1, 0.15) is 0 Å². The Balaban J connectivity index is 1.60. The van der Waals surface area contributed by atoms with Crippen molar-refractivity contribution < 1.29 is 4.79 Å². The number of amides is 1. The van der Waals surface area contributed by atoms with Crippen LogP contribution in [0, 0.1) is 0 Å². The van der Waals surface area contributed by atoms with Gasteiger partial charge >= 0.3 is 0 Å². The summed E-state index contributed by atoms with van der Waals surface area (Å²) in [6, 6.07) is 8.53. The maximum atomic E-state index is 12.6. The van der Waals surface area contributed by atoms with Crippen molar-refractivity contribution in [2.24, 2.45) is 0 Å². The van der Waals surface area contributed by atoms with Gasteiger partial charge in [0.05, 0.1) is 17.2 Å². The smallest absolute Gasteiger partial charge is 0.223 e. The van der Waals surface area contributed by atoms with Crippen LogP contribution < -0.4 is 0 Å². The molecule has 1 aromatic heterocycles. The molecule has 0 spiro atoms. The molecule has 1 atom stereocenters. The van der Waals surface area contributed by atoms with Gasteiger partial charge in [0.25, 0.3) is 0 Å². The Bertz CT molecular complexity index is 692. The molecule has 3 nitrogen and oxygen atoms in total. The SMILES string of the molecule is CC(C)c1nc(CN(C)C(=O)C[C@@H]2CCc3ccccc32)cs1. The third-order valence-electron chi connectivity index (χ3n) is 4.57. The third kappa shape index (κ3) is 3.63. The summed E-state index contributed by atoms with van der Waals surface area (Å²) in [5.41, 5.74) is 3.78. The van der Waals surface area contributed by atoms with Crippen LogP contribution >= 0.6 is 11.3 Å². The molecule has 0 saturated carbocycles. The van der Waals surface area contributed by atoms with Crippen molar-refractivity contribution >= 4 is 17.2 Å². The fourth-order valence-corrected chi connectivity index (χ4v) is 4.04. The van der Waals surface area contributed by atoms with Gasteiger partial charge in [-0.1, -0.05) is 38.1 Å². The standard InChI is InChI=1S/C19H24N2OS/c1-13(2)19-20-16(12-23-19)11-21(3)18(22)10-15-9-8-14-6-4-5-7-17(14)15/h4-7,12-13,15H,8-11H2,1-3H3/t15-/m0/s1. The summed E-state index contributed by atoms with van der Waals surface area (Å²) in [6.45, 7) is 4.90. The minimum Gasteiger partial charge on any atom is -0.340 e. The molecule has 1 aromatic carbocycles. The predicted octanol–water partition coefficient (Wildman–Crippen LogP) is 4.35. The first kappa shape index (κ1) is 16.2. The van der Waals surface area contributed by atoms with Crippen LogP contribution in [0.4, 0.5) is 0 Å². The lowest BCUT2D eigenvalue weighted by Crippen LogP contribution is -2.27. The van der Waals surface area contributed by atoms with Crippen molar-refractivity contribution in [3.8, 4) is 0 Å². The quantitative estimate of drug-likeness (QED) is 0.818. The van der Waals surface area contributed by atoms with Gasteiger partial charge < -0.3 is 4.90 Å². The first-order chi connectivity index (χ1) is 11.0. The predicted molar refractivity (Wildman–Crippen MR) is 94.8 cm³/mol.